The highest BCUT2D eigenvalue weighted by atomic mass is 16.5. The van der Waals surface area contributed by atoms with Gasteiger partial charge in [0.1, 0.15) is 12.3 Å². The summed E-state index contributed by atoms with van der Waals surface area (Å²) in [6.45, 7) is 6.16. The minimum atomic E-state index is -0.0879. The first-order chi connectivity index (χ1) is 13.2. The van der Waals surface area contributed by atoms with Crippen LogP contribution in [-0.4, -0.2) is 37.1 Å². The van der Waals surface area contributed by atoms with Gasteiger partial charge in [0.15, 0.2) is 17.4 Å². The summed E-state index contributed by atoms with van der Waals surface area (Å²) in [5, 5.41) is 12.9. The number of aromatic nitrogens is 4. The third kappa shape index (κ3) is 4.83. The second kappa shape index (κ2) is 9.14. The molecule has 142 valence electrons. The van der Waals surface area contributed by atoms with Gasteiger partial charge in [-0.15, -0.1) is 0 Å². The zero-order valence-electron chi connectivity index (χ0n) is 15.5. The highest BCUT2D eigenvalue weighted by Gasteiger charge is 2.14. The second-order valence-corrected chi connectivity index (χ2v) is 6.30. The van der Waals surface area contributed by atoms with Crippen molar-refractivity contribution < 1.29 is 9.84 Å². The average molecular weight is 367 g/mol. The standard InChI is InChI=1S/C20H25N5O2/c1-3-5-8-15(13-26)23-20-17(11-21-18(4-2)24-20)27-14-16-12-25-10-7-6-9-19(25)22-16/h4,6-7,9-12,15,26H,2-3,5,8,13-14H2,1H3,(H,21,23,24)/t15-/m0/s1. The monoisotopic (exact) mass is 367 g/mol. The number of aliphatic hydroxyl groups is 1. The molecule has 7 nitrogen and oxygen atoms in total. The molecule has 0 fully saturated rings. The molecule has 0 amide bonds. The Morgan fingerprint density at radius 1 is 1.37 bits per heavy atom. The maximum atomic E-state index is 9.64. The van der Waals surface area contributed by atoms with Gasteiger partial charge in [-0.2, -0.15) is 0 Å². The zero-order chi connectivity index (χ0) is 19.1. The van der Waals surface area contributed by atoms with Gasteiger partial charge in [-0.1, -0.05) is 32.4 Å². The topological polar surface area (TPSA) is 84.6 Å². The maximum Gasteiger partial charge on any atom is 0.180 e. The molecule has 3 rings (SSSR count). The first kappa shape index (κ1) is 18.8. The Bertz CT molecular complexity index is 860. The average Bonchev–Trinajstić information content (AvgIpc) is 3.12. The molecule has 0 aliphatic heterocycles. The summed E-state index contributed by atoms with van der Waals surface area (Å²) in [6, 6.07) is 5.75. The largest absolute Gasteiger partial charge is 0.482 e. The van der Waals surface area contributed by atoms with Crippen LogP contribution in [0.3, 0.4) is 0 Å². The number of imidazole rings is 1. The van der Waals surface area contributed by atoms with Gasteiger partial charge in [-0.25, -0.2) is 15.0 Å². The third-order valence-corrected chi connectivity index (χ3v) is 4.21. The summed E-state index contributed by atoms with van der Waals surface area (Å²) >= 11 is 0. The van der Waals surface area contributed by atoms with Crippen molar-refractivity contribution in [3.8, 4) is 5.75 Å². The Labute approximate surface area is 158 Å². The van der Waals surface area contributed by atoms with Crippen molar-refractivity contribution in [3.63, 3.8) is 0 Å². The first-order valence-corrected chi connectivity index (χ1v) is 9.15. The van der Waals surface area contributed by atoms with E-state index in [0.29, 0.717) is 24.0 Å². The molecule has 3 aromatic heterocycles. The van der Waals surface area contributed by atoms with Crippen LogP contribution in [0.15, 0.2) is 43.4 Å². The number of nitrogens with zero attached hydrogens (tertiary/aromatic N) is 4. The van der Waals surface area contributed by atoms with Crippen LogP contribution in [0, 0.1) is 0 Å². The highest BCUT2D eigenvalue weighted by Crippen LogP contribution is 2.24. The van der Waals surface area contributed by atoms with Crippen LogP contribution in [0.5, 0.6) is 5.75 Å². The molecule has 1 atom stereocenters. The molecule has 0 saturated carbocycles. The lowest BCUT2D eigenvalue weighted by Gasteiger charge is -2.19. The number of ether oxygens (including phenoxy) is 1. The molecule has 2 N–H and O–H groups in total. The maximum absolute atomic E-state index is 9.64. The molecule has 0 saturated heterocycles. The highest BCUT2D eigenvalue weighted by molar-refractivity contribution is 5.53. The number of nitrogens with one attached hydrogen (secondary N) is 1. The van der Waals surface area contributed by atoms with Crippen LogP contribution < -0.4 is 10.1 Å². The van der Waals surface area contributed by atoms with Crippen molar-refractivity contribution >= 4 is 17.5 Å². The predicted molar refractivity (Wildman–Crippen MR) is 106 cm³/mol. The molecule has 27 heavy (non-hydrogen) atoms. The van der Waals surface area contributed by atoms with Crippen LogP contribution in [0.2, 0.25) is 0 Å². The molecule has 0 spiro atoms. The molecule has 0 aliphatic rings. The van der Waals surface area contributed by atoms with E-state index in [1.165, 1.54) is 0 Å². The predicted octanol–water partition coefficient (Wildman–Crippen LogP) is 3.31. The van der Waals surface area contributed by atoms with Crippen LogP contribution in [0.25, 0.3) is 11.7 Å². The fourth-order valence-electron chi connectivity index (χ4n) is 2.75. The lowest BCUT2D eigenvalue weighted by atomic mass is 10.1. The van der Waals surface area contributed by atoms with E-state index in [4.69, 9.17) is 4.74 Å². The SMILES string of the molecule is C=Cc1ncc(OCc2cn3ccccc3n2)c(N[C@H](CO)CCCC)n1. The summed E-state index contributed by atoms with van der Waals surface area (Å²) in [7, 11) is 0. The van der Waals surface area contributed by atoms with Gasteiger partial charge in [-0.3, -0.25) is 0 Å². The summed E-state index contributed by atoms with van der Waals surface area (Å²) in [6.07, 6.45) is 10.0. The Morgan fingerprint density at radius 2 is 2.26 bits per heavy atom. The fourth-order valence-corrected chi connectivity index (χ4v) is 2.75. The Hall–Kier alpha value is -2.93. The van der Waals surface area contributed by atoms with Crippen molar-refractivity contribution in [1.82, 2.24) is 19.4 Å². The Kier molecular flexibility index (Phi) is 6.38. The van der Waals surface area contributed by atoms with Gasteiger partial charge in [0.05, 0.1) is 24.5 Å². The van der Waals surface area contributed by atoms with Crippen molar-refractivity contribution in [2.45, 2.75) is 38.8 Å². The Balaban J connectivity index is 1.75. The molecule has 3 heterocycles. The van der Waals surface area contributed by atoms with E-state index < -0.39 is 0 Å². The number of aliphatic hydroxyl groups excluding tert-OH is 1. The van der Waals surface area contributed by atoms with E-state index in [2.05, 4.69) is 33.8 Å². The van der Waals surface area contributed by atoms with Crippen molar-refractivity contribution in [3.05, 3.63) is 54.9 Å². The number of unbranched alkanes of at least 4 members (excludes halogenated alkanes) is 1. The quantitative estimate of drug-likeness (QED) is 0.572. The summed E-state index contributed by atoms with van der Waals surface area (Å²) in [5.41, 5.74) is 1.68. The zero-order valence-corrected chi connectivity index (χ0v) is 15.5. The van der Waals surface area contributed by atoms with Crippen LogP contribution in [0.4, 0.5) is 5.82 Å². The van der Waals surface area contributed by atoms with Crippen molar-refractivity contribution in [2.75, 3.05) is 11.9 Å². The van der Waals surface area contributed by atoms with Crippen molar-refractivity contribution in [1.29, 1.82) is 0 Å². The van der Waals surface area contributed by atoms with E-state index in [1.807, 2.05) is 35.0 Å². The molecule has 0 radical (unpaired) electrons. The van der Waals surface area contributed by atoms with Gasteiger partial charge in [0.2, 0.25) is 0 Å². The van der Waals surface area contributed by atoms with Gasteiger partial charge in [0, 0.05) is 12.4 Å². The molecule has 0 aliphatic carbocycles. The molecule has 0 aromatic carbocycles. The normalized spacial score (nSPS) is 12.1. The van der Waals surface area contributed by atoms with Gasteiger partial charge < -0.3 is 19.6 Å². The number of pyridine rings is 1. The van der Waals surface area contributed by atoms with Crippen LogP contribution in [-0.2, 0) is 6.61 Å². The lowest BCUT2D eigenvalue weighted by Crippen LogP contribution is -2.25. The molecular formula is C20H25N5O2. The molecular weight excluding hydrogens is 342 g/mol. The number of hydrogen-bond donors (Lipinski definition) is 2. The van der Waals surface area contributed by atoms with E-state index in [9.17, 15) is 5.11 Å². The molecule has 7 heteroatoms. The summed E-state index contributed by atoms with van der Waals surface area (Å²) in [4.78, 5) is 13.2. The number of hydrogen-bond acceptors (Lipinski definition) is 6. The molecule has 0 bridgehead atoms. The van der Waals surface area contributed by atoms with Gasteiger partial charge in [0.25, 0.3) is 0 Å². The van der Waals surface area contributed by atoms with E-state index in [1.54, 1.807) is 12.3 Å². The minimum absolute atomic E-state index is 0.0271. The first-order valence-electron chi connectivity index (χ1n) is 9.15. The minimum Gasteiger partial charge on any atom is -0.482 e. The van der Waals surface area contributed by atoms with E-state index in [-0.39, 0.29) is 12.6 Å². The van der Waals surface area contributed by atoms with E-state index >= 15 is 0 Å². The van der Waals surface area contributed by atoms with E-state index in [0.717, 1.165) is 30.6 Å². The summed E-state index contributed by atoms with van der Waals surface area (Å²) in [5.74, 6) is 1.58. The van der Waals surface area contributed by atoms with Gasteiger partial charge >= 0.3 is 0 Å². The summed E-state index contributed by atoms with van der Waals surface area (Å²) < 4.78 is 7.87. The lowest BCUT2D eigenvalue weighted by molar-refractivity contribution is 0.265. The second-order valence-electron chi connectivity index (χ2n) is 6.30. The fraction of sp³-hybridized carbons (Fsp3) is 0.350. The van der Waals surface area contributed by atoms with Crippen LogP contribution in [0.1, 0.15) is 37.7 Å². The third-order valence-electron chi connectivity index (χ3n) is 4.21. The number of anilines is 1. The Morgan fingerprint density at radius 3 is 3.00 bits per heavy atom. The van der Waals surface area contributed by atoms with Gasteiger partial charge in [-0.05, 0) is 24.6 Å². The number of fused-ring (bicyclic) bond motifs is 1. The number of rotatable bonds is 10. The molecule has 3 aromatic rings. The smallest absolute Gasteiger partial charge is 0.180 e. The van der Waals surface area contributed by atoms with Crippen LogP contribution >= 0.6 is 0 Å². The molecule has 0 unspecified atom stereocenters. The van der Waals surface area contributed by atoms with Crippen molar-refractivity contribution in [2.24, 2.45) is 0 Å².